The van der Waals surface area contributed by atoms with Gasteiger partial charge in [0.05, 0.1) is 19.2 Å². The van der Waals surface area contributed by atoms with Crippen LogP contribution < -0.4 is 10.1 Å². The van der Waals surface area contributed by atoms with Gasteiger partial charge in [-0.2, -0.15) is 5.26 Å². The van der Waals surface area contributed by atoms with E-state index in [-0.39, 0.29) is 18.0 Å². The molecule has 0 aromatic heterocycles. The summed E-state index contributed by atoms with van der Waals surface area (Å²) in [4.78, 5) is 10.4. The van der Waals surface area contributed by atoms with Gasteiger partial charge in [0.25, 0.3) is 0 Å². The lowest BCUT2D eigenvalue weighted by atomic mass is 10.1. The van der Waals surface area contributed by atoms with Crippen molar-refractivity contribution >= 4 is 5.97 Å². The van der Waals surface area contributed by atoms with Crippen LogP contribution in [0.3, 0.4) is 0 Å². The highest BCUT2D eigenvalue weighted by atomic mass is 16.5. The normalized spacial score (nSPS) is 11.6. The van der Waals surface area contributed by atoms with Crippen LogP contribution in [0.2, 0.25) is 0 Å². The van der Waals surface area contributed by atoms with Gasteiger partial charge in [-0.3, -0.25) is 10.1 Å². The van der Waals surface area contributed by atoms with Gasteiger partial charge in [0.1, 0.15) is 6.04 Å². The molecule has 1 aromatic carbocycles. The van der Waals surface area contributed by atoms with Crippen LogP contribution in [0.25, 0.3) is 0 Å². The number of hydrogen-bond acceptors (Lipinski definition) is 5. The highest BCUT2D eigenvalue weighted by molar-refractivity contribution is 5.69. The van der Waals surface area contributed by atoms with E-state index in [1.54, 1.807) is 25.1 Å². The van der Waals surface area contributed by atoms with Crippen molar-refractivity contribution in [1.29, 1.82) is 5.26 Å². The minimum atomic E-state index is -1.07. The molecule has 96 valence electrons. The van der Waals surface area contributed by atoms with Crippen molar-refractivity contribution in [3.05, 3.63) is 23.8 Å². The first-order valence-corrected chi connectivity index (χ1v) is 5.39. The summed E-state index contributed by atoms with van der Waals surface area (Å²) in [5, 5.41) is 30.0. The second-order valence-corrected chi connectivity index (χ2v) is 3.46. The molecular formula is C12H14N2O4. The van der Waals surface area contributed by atoms with E-state index in [4.69, 9.17) is 15.1 Å². The molecule has 6 nitrogen and oxygen atoms in total. The van der Waals surface area contributed by atoms with Gasteiger partial charge in [-0.25, -0.2) is 0 Å². The summed E-state index contributed by atoms with van der Waals surface area (Å²) in [7, 11) is 0. The van der Waals surface area contributed by atoms with Gasteiger partial charge in [0, 0.05) is 5.56 Å². The van der Waals surface area contributed by atoms with Crippen molar-refractivity contribution in [1.82, 2.24) is 5.32 Å². The lowest BCUT2D eigenvalue weighted by Crippen LogP contribution is -2.26. The quantitative estimate of drug-likeness (QED) is 0.696. The Labute approximate surface area is 104 Å². The highest BCUT2D eigenvalue weighted by Gasteiger charge is 2.18. The third-order valence-corrected chi connectivity index (χ3v) is 2.23. The van der Waals surface area contributed by atoms with Crippen LogP contribution in [0.4, 0.5) is 0 Å². The van der Waals surface area contributed by atoms with E-state index in [0.717, 1.165) is 0 Å². The number of rotatable bonds is 6. The molecule has 1 atom stereocenters. The summed E-state index contributed by atoms with van der Waals surface area (Å²) in [6.07, 6.45) is 0. The van der Waals surface area contributed by atoms with E-state index in [2.05, 4.69) is 5.32 Å². The topological polar surface area (TPSA) is 103 Å². The summed E-state index contributed by atoms with van der Waals surface area (Å²) in [5.41, 5.74) is 0.296. The highest BCUT2D eigenvalue weighted by Crippen LogP contribution is 2.33. The Morgan fingerprint density at radius 2 is 2.33 bits per heavy atom. The number of nitrogens with one attached hydrogen (secondary N) is 1. The van der Waals surface area contributed by atoms with Gasteiger partial charge in [-0.05, 0) is 13.0 Å². The van der Waals surface area contributed by atoms with Crippen molar-refractivity contribution in [2.75, 3.05) is 13.2 Å². The fourth-order valence-corrected chi connectivity index (χ4v) is 1.46. The molecule has 0 aliphatic carbocycles. The number of benzene rings is 1. The number of carboxylic acids is 1. The largest absolute Gasteiger partial charge is 0.504 e. The minimum Gasteiger partial charge on any atom is -0.504 e. The molecule has 0 aliphatic heterocycles. The number of carboxylic acid groups (broad SMARTS) is 1. The van der Waals surface area contributed by atoms with E-state index in [0.29, 0.717) is 12.2 Å². The first kappa shape index (κ1) is 13.8. The number of aromatic hydroxyl groups is 1. The number of phenolic OH excluding ortho intramolecular Hbond substituents is 1. The number of nitrogens with zero attached hydrogens (tertiary/aromatic N) is 1. The summed E-state index contributed by atoms with van der Waals surface area (Å²) in [6.45, 7) is 1.80. The average molecular weight is 250 g/mol. The maximum absolute atomic E-state index is 10.4. The Morgan fingerprint density at radius 3 is 2.89 bits per heavy atom. The molecule has 0 aliphatic rings. The molecule has 1 aromatic rings. The lowest BCUT2D eigenvalue weighted by Gasteiger charge is -2.14. The van der Waals surface area contributed by atoms with Crippen molar-refractivity contribution in [2.45, 2.75) is 13.0 Å². The molecule has 1 rings (SSSR count). The Morgan fingerprint density at radius 1 is 1.61 bits per heavy atom. The molecule has 6 heteroatoms. The SMILES string of the molecule is CCOc1cccc(C(C#N)NCC(=O)O)c1O. The first-order valence-electron chi connectivity index (χ1n) is 5.39. The number of para-hydroxylation sites is 1. The molecule has 18 heavy (non-hydrogen) atoms. The van der Waals surface area contributed by atoms with Crippen molar-refractivity contribution in [3.8, 4) is 17.6 Å². The Hall–Kier alpha value is -2.26. The van der Waals surface area contributed by atoms with Crippen LogP contribution in [0.5, 0.6) is 11.5 Å². The Bertz CT molecular complexity index is 468. The van der Waals surface area contributed by atoms with Crippen molar-refractivity contribution < 1.29 is 19.7 Å². The van der Waals surface area contributed by atoms with Crippen LogP contribution in [-0.2, 0) is 4.79 Å². The third kappa shape index (κ3) is 3.37. The molecule has 1 unspecified atom stereocenters. The number of hydrogen-bond donors (Lipinski definition) is 3. The predicted molar refractivity (Wildman–Crippen MR) is 63.3 cm³/mol. The molecule has 0 heterocycles. The molecule has 0 saturated carbocycles. The smallest absolute Gasteiger partial charge is 0.317 e. The van der Waals surface area contributed by atoms with Gasteiger partial charge in [-0.15, -0.1) is 0 Å². The lowest BCUT2D eigenvalue weighted by molar-refractivity contribution is -0.136. The Balaban J connectivity index is 2.96. The van der Waals surface area contributed by atoms with E-state index in [1.165, 1.54) is 0 Å². The van der Waals surface area contributed by atoms with E-state index < -0.39 is 12.0 Å². The van der Waals surface area contributed by atoms with E-state index >= 15 is 0 Å². The van der Waals surface area contributed by atoms with Gasteiger partial charge in [-0.1, -0.05) is 12.1 Å². The average Bonchev–Trinajstić information content (AvgIpc) is 2.34. The number of ether oxygens (including phenoxy) is 1. The van der Waals surface area contributed by atoms with Crippen molar-refractivity contribution in [2.24, 2.45) is 0 Å². The van der Waals surface area contributed by atoms with Crippen LogP contribution in [-0.4, -0.2) is 29.3 Å². The zero-order chi connectivity index (χ0) is 13.5. The summed E-state index contributed by atoms with van der Waals surface area (Å²) >= 11 is 0. The molecule has 0 saturated heterocycles. The predicted octanol–water partition coefficient (Wildman–Crippen LogP) is 1.03. The van der Waals surface area contributed by atoms with E-state index in [1.807, 2.05) is 6.07 Å². The number of phenols is 1. The molecular weight excluding hydrogens is 236 g/mol. The van der Waals surface area contributed by atoms with Crippen LogP contribution >= 0.6 is 0 Å². The zero-order valence-corrected chi connectivity index (χ0v) is 9.88. The molecule has 0 fully saturated rings. The molecule has 0 spiro atoms. The van der Waals surface area contributed by atoms with Gasteiger partial charge >= 0.3 is 5.97 Å². The molecule has 3 N–H and O–H groups in total. The fourth-order valence-electron chi connectivity index (χ4n) is 1.46. The zero-order valence-electron chi connectivity index (χ0n) is 9.88. The van der Waals surface area contributed by atoms with Crippen molar-refractivity contribution in [3.63, 3.8) is 0 Å². The van der Waals surface area contributed by atoms with Gasteiger partial charge in [0.2, 0.25) is 0 Å². The minimum absolute atomic E-state index is 0.149. The summed E-state index contributed by atoms with van der Waals surface area (Å²) in [6, 6.07) is 5.74. The molecule has 0 radical (unpaired) electrons. The van der Waals surface area contributed by atoms with E-state index in [9.17, 15) is 9.90 Å². The second kappa shape index (κ2) is 6.47. The number of carbonyl (C=O) groups is 1. The van der Waals surface area contributed by atoms with Crippen LogP contribution in [0.15, 0.2) is 18.2 Å². The molecule has 0 bridgehead atoms. The first-order chi connectivity index (χ1) is 8.60. The number of aliphatic carboxylic acids is 1. The summed E-state index contributed by atoms with van der Waals surface area (Å²) in [5.74, 6) is -0.952. The van der Waals surface area contributed by atoms with Crippen LogP contribution in [0, 0.1) is 11.3 Å². The molecule has 0 amide bonds. The standard InChI is InChI=1S/C12H14N2O4/c1-2-18-10-5-3-4-8(12(10)17)9(6-13)14-7-11(15)16/h3-5,9,14,17H,2,7H2,1H3,(H,15,16). The Kier molecular flexibility index (Phi) is 4.96. The fraction of sp³-hybridized carbons (Fsp3) is 0.333. The maximum Gasteiger partial charge on any atom is 0.317 e. The number of nitriles is 1. The van der Waals surface area contributed by atoms with Gasteiger partial charge < -0.3 is 14.9 Å². The third-order valence-electron chi connectivity index (χ3n) is 2.23. The monoisotopic (exact) mass is 250 g/mol. The van der Waals surface area contributed by atoms with Gasteiger partial charge in [0.15, 0.2) is 11.5 Å². The summed E-state index contributed by atoms with van der Waals surface area (Å²) < 4.78 is 5.19. The maximum atomic E-state index is 10.4. The second-order valence-electron chi connectivity index (χ2n) is 3.46. The van der Waals surface area contributed by atoms with Crippen LogP contribution in [0.1, 0.15) is 18.5 Å².